The Morgan fingerprint density at radius 2 is 1.91 bits per heavy atom. The van der Waals surface area contributed by atoms with Gasteiger partial charge < -0.3 is 15.2 Å². The highest BCUT2D eigenvalue weighted by atomic mass is 16.4. The molecular formula is C25H23N6O2-. The molecule has 0 bridgehead atoms. The number of anilines is 1. The van der Waals surface area contributed by atoms with E-state index in [2.05, 4.69) is 28.4 Å². The molecule has 0 aliphatic carbocycles. The third-order valence-corrected chi connectivity index (χ3v) is 5.40. The number of aryl methyl sites for hydroxylation is 2. The lowest BCUT2D eigenvalue weighted by molar-refractivity contribution is -0.302. The second-order valence-corrected chi connectivity index (χ2v) is 7.76. The lowest BCUT2D eigenvalue weighted by Gasteiger charge is -2.12. The summed E-state index contributed by atoms with van der Waals surface area (Å²) in [6, 6.07) is 17.9. The molecule has 4 rings (SSSR count). The molecule has 0 fully saturated rings. The fourth-order valence-electron chi connectivity index (χ4n) is 3.86. The summed E-state index contributed by atoms with van der Waals surface area (Å²) in [7, 11) is 0. The molecule has 0 unspecified atom stereocenters. The zero-order valence-corrected chi connectivity index (χ0v) is 18.5. The second kappa shape index (κ2) is 9.49. The van der Waals surface area contributed by atoms with Crippen LogP contribution in [-0.2, 0) is 17.6 Å². The quantitative estimate of drug-likeness (QED) is 0.448. The van der Waals surface area contributed by atoms with Crippen LogP contribution in [0, 0.1) is 18.3 Å². The average molecular weight is 439 g/mol. The van der Waals surface area contributed by atoms with Gasteiger partial charge in [0.25, 0.3) is 0 Å². The molecule has 2 aromatic heterocycles. The van der Waals surface area contributed by atoms with Crippen molar-refractivity contribution in [3.05, 3.63) is 76.7 Å². The number of hydrogen-bond acceptors (Lipinski definition) is 7. The Morgan fingerprint density at radius 3 is 2.61 bits per heavy atom. The summed E-state index contributed by atoms with van der Waals surface area (Å²) in [4.78, 5) is 20.1. The van der Waals surface area contributed by atoms with Gasteiger partial charge in [0, 0.05) is 17.7 Å². The maximum Gasteiger partial charge on any atom is 0.243 e. The van der Waals surface area contributed by atoms with Gasteiger partial charge in [-0.1, -0.05) is 55.8 Å². The topological polar surface area (TPSA) is 119 Å². The van der Waals surface area contributed by atoms with Crippen molar-refractivity contribution in [2.75, 3.05) is 11.9 Å². The summed E-state index contributed by atoms with van der Waals surface area (Å²) < 4.78 is 1.64. The number of carboxylic acid groups (broad SMARTS) is 1. The Kier molecular flexibility index (Phi) is 6.31. The summed E-state index contributed by atoms with van der Waals surface area (Å²) in [5.41, 5.74) is 6.17. The number of nitrogens with one attached hydrogen (secondary N) is 1. The van der Waals surface area contributed by atoms with Crippen LogP contribution in [0.2, 0.25) is 0 Å². The molecule has 8 nitrogen and oxygen atoms in total. The third kappa shape index (κ3) is 4.67. The number of fused-ring (bicyclic) bond motifs is 1. The molecule has 8 heteroatoms. The molecule has 0 saturated carbocycles. The molecule has 2 aromatic carbocycles. The fourth-order valence-corrected chi connectivity index (χ4v) is 3.86. The SMILES string of the molecule is CCCc1nc(C)n2nc(NCC(=O)[O-])nc2c1Cc1ccc(-c2ccccc2C#N)cc1. The van der Waals surface area contributed by atoms with Crippen LogP contribution in [0.3, 0.4) is 0 Å². The van der Waals surface area contributed by atoms with E-state index in [1.54, 1.807) is 4.52 Å². The van der Waals surface area contributed by atoms with Crippen LogP contribution >= 0.6 is 0 Å². The summed E-state index contributed by atoms with van der Waals surface area (Å²) >= 11 is 0. The number of carbonyl (C=O) groups is 1. The van der Waals surface area contributed by atoms with Crippen molar-refractivity contribution < 1.29 is 9.90 Å². The number of rotatable bonds is 8. The molecule has 0 aliphatic rings. The highest BCUT2D eigenvalue weighted by Crippen LogP contribution is 2.26. The van der Waals surface area contributed by atoms with E-state index in [-0.39, 0.29) is 12.5 Å². The number of hydrogen-bond donors (Lipinski definition) is 1. The van der Waals surface area contributed by atoms with Gasteiger partial charge in [0.2, 0.25) is 5.95 Å². The average Bonchev–Trinajstić information content (AvgIpc) is 3.26. The molecular weight excluding hydrogens is 416 g/mol. The Balaban J connectivity index is 1.71. The number of benzene rings is 2. The van der Waals surface area contributed by atoms with Crippen molar-refractivity contribution in [3.8, 4) is 17.2 Å². The third-order valence-electron chi connectivity index (χ3n) is 5.40. The molecule has 0 saturated heterocycles. The van der Waals surface area contributed by atoms with Gasteiger partial charge in [0.15, 0.2) is 5.65 Å². The summed E-state index contributed by atoms with van der Waals surface area (Å²) in [6.45, 7) is 3.59. The molecule has 0 atom stereocenters. The number of nitriles is 1. The van der Waals surface area contributed by atoms with Gasteiger partial charge in [-0.3, -0.25) is 0 Å². The van der Waals surface area contributed by atoms with E-state index in [1.165, 1.54) is 0 Å². The largest absolute Gasteiger partial charge is 0.548 e. The van der Waals surface area contributed by atoms with Crippen LogP contribution in [-0.4, -0.2) is 32.1 Å². The van der Waals surface area contributed by atoms with Crippen LogP contribution in [0.4, 0.5) is 5.95 Å². The van der Waals surface area contributed by atoms with Gasteiger partial charge in [-0.15, -0.1) is 5.10 Å². The van der Waals surface area contributed by atoms with E-state index in [9.17, 15) is 15.2 Å². The van der Waals surface area contributed by atoms with Crippen molar-refractivity contribution >= 4 is 17.6 Å². The van der Waals surface area contributed by atoms with Gasteiger partial charge >= 0.3 is 0 Å². The maximum absolute atomic E-state index is 10.8. The summed E-state index contributed by atoms with van der Waals surface area (Å²) in [5, 5.41) is 27.2. The van der Waals surface area contributed by atoms with Crippen molar-refractivity contribution in [2.45, 2.75) is 33.1 Å². The lowest BCUT2D eigenvalue weighted by Crippen LogP contribution is -2.30. The van der Waals surface area contributed by atoms with Crippen molar-refractivity contribution in [2.24, 2.45) is 0 Å². The van der Waals surface area contributed by atoms with Crippen LogP contribution in [0.5, 0.6) is 0 Å². The summed E-state index contributed by atoms with van der Waals surface area (Å²) in [6.07, 6.45) is 2.34. The Bertz CT molecular complexity index is 1350. The number of carboxylic acids is 1. The number of carbonyl (C=O) groups excluding carboxylic acids is 1. The zero-order valence-electron chi connectivity index (χ0n) is 18.5. The zero-order chi connectivity index (χ0) is 23.4. The summed E-state index contributed by atoms with van der Waals surface area (Å²) in [5.74, 6) is -0.314. The Hall–Kier alpha value is -4.25. The minimum atomic E-state index is -1.23. The second-order valence-electron chi connectivity index (χ2n) is 7.76. The molecule has 166 valence electrons. The Labute approximate surface area is 191 Å². The van der Waals surface area contributed by atoms with Crippen molar-refractivity contribution in [1.82, 2.24) is 19.6 Å². The van der Waals surface area contributed by atoms with Gasteiger partial charge in [0.05, 0.1) is 24.1 Å². The van der Waals surface area contributed by atoms with E-state index < -0.39 is 5.97 Å². The van der Waals surface area contributed by atoms with Gasteiger partial charge in [-0.25, -0.2) is 4.98 Å². The Morgan fingerprint density at radius 1 is 1.15 bits per heavy atom. The standard InChI is InChI=1S/C25H24N6O2/c1-3-6-22-21(24-29-25(27-15-23(32)33)30-31(24)16(2)28-22)13-17-9-11-18(12-10-17)20-8-5-4-7-19(20)14-26/h4-5,7-12H,3,6,13,15H2,1-2H3,(H,27,30)(H,32,33)/p-1. The molecule has 33 heavy (non-hydrogen) atoms. The first kappa shape index (κ1) is 22.0. The first-order valence-electron chi connectivity index (χ1n) is 10.8. The van der Waals surface area contributed by atoms with E-state index >= 15 is 0 Å². The molecule has 0 amide bonds. The van der Waals surface area contributed by atoms with Gasteiger partial charge in [-0.2, -0.15) is 14.8 Å². The predicted molar refractivity (Wildman–Crippen MR) is 122 cm³/mol. The normalized spacial score (nSPS) is 10.8. The van der Waals surface area contributed by atoms with Gasteiger partial charge in [-0.05, 0) is 36.1 Å². The molecule has 1 N–H and O–H groups in total. The molecule has 2 heterocycles. The monoisotopic (exact) mass is 439 g/mol. The molecule has 0 aliphatic heterocycles. The van der Waals surface area contributed by atoms with Crippen LogP contribution in [0.25, 0.3) is 16.8 Å². The minimum absolute atomic E-state index is 0.224. The van der Waals surface area contributed by atoms with Crippen LogP contribution in [0.1, 0.15) is 41.6 Å². The van der Waals surface area contributed by atoms with E-state index in [0.717, 1.165) is 40.8 Å². The molecule has 4 aromatic rings. The molecule has 0 radical (unpaired) electrons. The van der Waals surface area contributed by atoms with Crippen molar-refractivity contribution in [1.29, 1.82) is 5.26 Å². The van der Waals surface area contributed by atoms with E-state index in [0.29, 0.717) is 23.5 Å². The maximum atomic E-state index is 10.8. The van der Waals surface area contributed by atoms with E-state index in [4.69, 9.17) is 4.98 Å². The number of nitrogens with zero attached hydrogens (tertiary/aromatic N) is 5. The lowest BCUT2D eigenvalue weighted by atomic mass is 9.97. The predicted octanol–water partition coefficient (Wildman–Crippen LogP) is 2.68. The fraction of sp³-hybridized carbons (Fsp3) is 0.240. The smallest absolute Gasteiger partial charge is 0.243 e. The first-order chi connectivity index (χ1) is 16.0. The van der Waals surface area contributed by atoms with Crippen LogP contribution < -0.4 is 10.4 Å². The van der Waals surface area contributed by atoms with E-state index in [1.807, 2.05) is 55.5 Å². The number of aliphatic carboxylic acids is 1. The highest BCUT2D eigenvalue weighted by Gasteiger charge is 2.17. The van der Waals surface area contributed by atoms with Crippen molar-refractivity contribution in [3.63, 3.8) is 0 Å². The molecule has 0 spiro atoms. The highest BCUT2D eigenvalue weighted by molar-refractivity contribution is 5.71. The minimum Gasteiger partial charge on any atom is -0.548 e. The number of aromatic nitrogens is 4. The van der Waals surface area contributed by atoms with Crippen LogP contribution in [0.15, 0.2) is 48.5 Å². The van der Waals surface area contributed by atoms with Gasteiger partial charge in [0.1, 0.15) is 5.82 Å². The first-order valence-corrected chi connectivity index (χ1v) is 10.8.